The molecule has 4 rings (SSSR count). The van der Waals surface area contributed by atoms with Gasteiger partial charge >= 0.3 is 0 Å². The summed E-state index contributed by atoms with van der Waals surface area (Å²) in [4.78, 5) is 25.4. The lowest BCUT2D eigenvalue weighted by Crippen LogP contribution is -2.17. The second kappa shape index (κ2) is 8.07. The highest BCUT2D eigenvalue weighted by atomic mass is 16.5. The average Bonchev–Trinajstić information content (AvgIpc) is 2.77. The largest absolute Gasteiger partial charge is 0.455 e. The first-order valence-electron chi connectivity index (χ1n) is 10.1. The number of allylic oxidation sites excluding steroid dienone is 1. The molecule has 0 aliphatic rings. The van der Waals surface area contributed by atoms with Crippen LogP contribution in [-0.4, -0.2) is 10.4 Å². The molecule has 0 aliphatic carbocycles. The van der Waals surface area contributed by atoms with Gasteiger partial charge in [0.15, 0.2) is 11.5 Å². The van der Waals surface area contributed by atoms with Gasteiger partial charge in [0.05, 0.1) is 16.8 Å². The maximum Gasteiger partial charge on any atom is 0.200 e. The lowest BCUT2D eigenvalue weighted by atomic mass is 10.1. The molecule has 154 valence electrons. The Bertz CT molecular complexity index is 1380. The van der Waals surface area contributed by atoms with Crippen LogP contribution in [0.5, 0.6) is 11.5 Å². The van der Waals surface area contributed by atoms with E-state index >= 15 is 0 Å². The van der Waals surface area contributed by atoms with Crippen LogP contribution in [0.15, 0.2) is 84.3 Å². The van der Waals surface area contributed by atoms with E-state index in [2.05, 4.69) is 6.58 Å². The number of nitrogens with zero attached hydrogens (tertiary/aromatic N) is 1. The van der Waals surface area contributed by atoms with Crippen LogP contribution >= 0.6 is 0 Å². The second-order valence-corrected chi connectivity index (χ2v) is 7.62. The Morgan fingerprint density at radius 1 is 0.968 bits per heavy atom. The highest BCUT2D eigenvalue weighted by Crippen LogP contribution is 2.34. The lowest BCUT2D eigenvalue weighted by Gasteiger charge is -2.19. The minimum absolute atomic E-state index is 0.0771. The molecule has 1 heterocycles. The monoisotopic (exact) mass is 409 g/mol. The van der Waals surface area contributed by atoms with E-state index in [-0.39, 0.29) is 11.0 Å². The molecular formula is C27H23NO3. The summed E-state index contributed by atoms with van der Waals surface area (Å²) in [6.07, 6.45) is 2.75. The van der Waals surface area contributed by atoms with Crippen LogP contribution in [0.1, 0.15) is 27.0 Å². The van der Waals surface area contributed by atoms with Crippen LogP contribution in [0.2, 0.25) is 0 Å². The number of aromatic nitrogens is 1. The molecule has 0 unspecified atom stereocenters. The Morgan fingerprint density at radius 2 is 1.68 bits per heavy atom. The molecule has 31 heavy (non-hydrogen) atoms. The van der Waals surface area contributed by atoms with Gasteiger partial charge in [0.2, 0.25) is 5.43 Å². The van der Waals surface area contributed by atoms with Crippen molar-refractivity contribution in [2.45, 2.75) is 20.8 Å². The van der Waals surface area contributed by atoms with Crippen molar-refractivity contribution in [3.8, 4) is 17.2 Å². The van der Waals surface area contributed by atoms with Gasteiger partial charge in [0.25, 0.3) is 0 Å². The summed E-state index contributed by atoms with van der Waals surface area (Å²) in [7, 11) is 0. The topological polar surface area (TPSA) is 48.3 Å². The third-order valence-corrected chi connectivity index (χ3v) is 5.36. The quantitative estimate of drug-likeness (QED) is 0.297. The Kier molecular flexibility index (Phi) is 5.30. The van der Waals surface area contributed by atoms with Crippen molar-refractivity contribution in [2.75, 3.05) is 0 Å². The lowest BCUT2D eigenvalue weighted by molar-refractivity contribution is 0.104. The Hall–Kier alpha value is -3.92. The van der Waals surface area contributed by atoms with Crippen LogP contribution in [0.3, 0.4) is 0 Å². The number of benzene rings is 3. The molecule has 4 aromatic rings. The molecule has 4 heteroatoms. The number of ether oxygens (including phenoxy) is 1. The minimum atomic E-state index is -0.408. The highest BCUT2D eigenvalue weighted by molar-refractivity contribution is 6.05. The third-order valence-electron chi connectivity index (χ3n) is 5.36. The molecule has 0 saturated carbocycles. The van der Waals surface area contributed by atoms with Crippen molar-refractivity contribution < 1.29 is 9.53 Å². The highest BCUT2D eigenvalue weighted by Gasteiger charge is 2.17. The zero-order valence-electron chi connectivity index (χ0n) is 17.8. The van der Waals surface area contributed by atoms with Crippen LogP contribution in [0.25, 0.3) is 16.6 Å². The molecular weight excluding hydrogens is 386 g/mol. The summed E-state index contributed by atoms with van der Waals surface area (Å²) in [5.74, 6) is 1.02. The van der Waals surface area contributed by atoms with Crippen molar-refractivity contribution >= 4 is 16.7 Å². The molecule has 0 radical (unpaired) electrons. The molecule has 0 spiro atoms. The van der Waals surface area contributed by atoms with Gasteiger partial charge < -0.3 is 9.30 Å². The van der Waals surface area contributed by atoms with Crippen LogP contribution in [0.4, 0.5) is 0 Å². The molecule has 0 saturated heterocycles. The van der Waals surface area contributed by atoms with Crippen LogP contribution in [-0.2, 0) is 0 Å². The van der Waals surface area contributed by atoms with Crippen molar-refractivity contribution in [2.24, 2.45) is 0 Å². The van der Waals surface area contributed by atoms with Gasteiger partial charge in [0.1, 0.15) is 5.75 Å². The molecule has 1 aromatic heterocycles. The number of rotatable bonds is 5. The van der Waals surface area contributed by atoms with Crippen molar-refractivity contribution in [1.29, 1.82) is 0 Å². The van der Waals surface area contributed by atoms with E-state index in [9.17, 15) is 9.59 Å². The molecule has 0 N–H and O–H groups in total. The van der Waals surface area contributed by atoms with E-state index in [0.717, 1.165) is 28.1 Å². The Balaban J connectivity index is 2.02. The fourth-order valence-electron chi connectivity index (χ4n) is 3.73. The molecule has 0 aliphatic heterocycles. The van der Waals surface area contributed by atoms with Crippen molar-refractivity contribution in [3.05, 3.63) is 112 Å². The number of carbonyl (C=O) groups is 1. The summed E-state index contributed by atoms with van der Waals surface area (Å²) >= 11 is 0. The zero-order chi connectivity index (χ0) is 22.1. The summed E-state index contributed by atoms with van der Waals surface area (Å²) in [5.41, 5.74) is 4.30. The van der Waals surface area contributed by atoms with Crippen molar-refractivity contribution in [3.63, 3.8) is 0 Å². The third kappa shape index (κ3) is 3.68. The van der Waals surface area contributed by atoms with E-state index in [4.69, 9.17) is 4.74 Å². The Labute approximate surface area is 181 Å². The maximum atomic E-state index is 12.9. The van der Waals surface area contributed by atoms with E-state index in [1.165, 1.54) is 6.08 Å². The van der Waals surface area contributed by atoms with Gasteiger partial charge in [-0.15, -0.1) is 0 Å². The molecule has 4 nitrogen and oxygen atoms in total. The van der Waals surface area contributed by atoms with Gasteiger partial charge in [-0.3, -0.25) is 9.59 Å². The normalized spacial score (nSPS) is 10.8. The van der Waals surface area contributed by atoms with E-state index in [1.807, 2.05) is 73.9 Å². The molecule has 0 fully saturated rings. The van der Waals surface area contributed by atoms with Gasteiger partial charge in [-0.25, -0.2) is 0 Å². The number of fused-ring (bicyclic) bond motifs is 1. The summed E-state index contributed by atoms with van der Waals surface area (Å²) in [6.45, 7) is 9.55. The number of hydrogen-bond acceptors (Lipinski definition) is 3. The smallest absolute Gasteiger partial charge is 0.200 e. The van der Waals surface area contributed by atoms with E-state index in [0.29, 0.717) is 16.7 Å². The summed E-state index contributed by atoms with van der Waals surface area (Å²) in [6, 6.07) is 19.1. The second-order valence-electron chi connectivity index (χ2n) is 7.62. The van der Waals surface area contributed by atoms with Crippen LogP contribution < -0.4 is 10.2 Å². The van der Waals surface area contributed by atoms with Gasteiger partial charge in [0, 0.05) is 11.6 Å². The number of hydrogen-bond donors (Lipinski definition) is 0. The maximum absolute atomic E-state index is 12.9. The predicted molar refractivity (Wildman–Crippen MR) is 125 cm³/mol. The standard InChI is InChI=1S/C27H23NO3/c1-5-24(29)21-16-28(22-12-7-6-11-20(22)26(21)30)23-15-17(2)13-14-25(23)31-27-18(3)9-8-10-19(27)4/h5-16H,1H2,2-4H3. The summed E-state index contributed by atoms with van der Waals surface area (Å²) in [5, 5.41) is 0.467. The average molecular weight is 409 g/mol. The fourth-order valence-corrected chi connectivity index (χ4v) is 3.73. The molecule has 0 bridgehead atoms. The van der Waals surface area contributed by atoms with E-state index < -0.39 is 5.78 Å². The fraction of sp³-hybridized carbons (Fsp3) is 0.111. The van der Waals surface area contributed by atoms with Gasteiger partial charge in [-0.05, 0) is 67.8 Å². The van der Waals surface area contributed by atoms with E-state index in [1.54, 1.807) is 18.3 Å². The first-order chi connectivity index (χ1) is 14.9. The minimum Gasteiger partial charge on any atom is -0.455 e. The van der Waals surface area contributed by atoms with Gasteiger partial charge in [-0.1, -0.05) is 43.0 Å². The Morgan fingerprint density at radius 3 is 2.39 bits per heavy atom. The van der Waals surface area contributed by atoms with Crippen molar-refractivity contribution in [1.82, 2.24) is 4.57 Å². The number of pyridine rings is 1. The molecule has 0 amide bonds. The zero-order valence-corrected chi connectivity index (χ0v) is 17.8. The number of aryl methyl sites for hydroxylation is 3. The number of carbonyl (C=O) groups excluding carboxylic acids is 1. The van der Waals surface area contributed by atoms with Gasteiger partial charge in [-0.2, -0.15) is 0 Å². The first-order valence-corrected chi connectivity index (χ1v) is 10.1. The number of para-hydroxylation sites is 2. The SMILES string of the molecule is C=CC(=O)c1cn(-c2cc(C)ccc2Oc2c(C)cccc2C)c2ccccc2c1=O. The first kappa shape index (κ1) is 20.4. The molecule has 0 atom stereocenters. The summed E-state index contributed by atoms with van der Waals surface area (Å²) < 4.78 is 8.23. The molecule has 3 aromatic carbocycles. The predicted octanol–water partition coefficient (Wildman–Crippen LogP) is 6.08. The van der Waals surface area contributed by atoms with Crippen LogP contribution in [0, 0.1) is 20.8 Å². The number of ketones is 1.